The predicted octanol–water partition coefficient (Wildman–Crippen LogP) is 5.80. The molecular weight excluding hydrogens is 412 g/mol. The zero-order chi connectivity index (χ0) is 23.7. The maximum absolute atomic E-state index is 13.6. The summed E-state index contributed by atoms with van der Waals surface area (Å²) in [5.41, 5.74) is 5.95. The fraction of sp³-hybridized carbons (Fsp3) is 0.214. The molecule has 0 saturated carbocycles. The van der Waals surface area contributed by atoms with Gasteiger partial charge in [-0.25, -0.2) is 4.90 Å². The Labute approximate surface area is 194 Å². The van der Waals surface area contributed by atoms with Gasteiger partial charge in [-0.2, -0.15) is 0 Å². The molecular formula is C28H28N2O3. The van der Waals surface area contributed by atoms with Gasteiger partial charge in [-0.3, -0.25) is 9.59 Å². The maximum Gasteiger partial charge on any atom is 0.282 e. The standard InChI is InChI=1S/C28H28N2O3/c1-17(2)33-24-14-12-23(13-15-24)30-27(31)25(21-9-6-18(3)7-10-21)26(28(30)32)29-22-11-8-19(4)20(5)16-22/h6-17,29H,1-5H3. The van der Waals surface area contributed by atoms with Crippen molar-refractivity contribution in [2.45, 2.75) is 40.7 Å². The molecule has 0 saturated heterocycles. The number of rotatable bonds is 6. The Kier molecular flexibility index (Phi) is 6.05. The van der Waals surface area contributed by atoms with Crippen molar-refractivity contribution in [3.63, 3.8) is 0 Å². The summed E-state index contributed by atoms with van der Waals surface area (Å²) in [6.07, 6.45) is 0.0366. The third-order valence-electron chi connectivity index (χ3n) is 5.67. The van der Waals surface area contributed by atoms with Gasteiger partial charge in [0.25, 0.3) is 11.8 Å². The molecule has 2 amide bonds. The summed E-state index contributed by atoms with van der Waals surface area (Å²) in [6, 6.07) is 20.5. The van der Waals surface area contributed by atoms with Crippen LogP contribution in [0.15, 0.2) is 72.4 Å². The molecule has 1 N–H and O–H groups in total. The Hall–Kier alpha value is -3.86. The molecule has 1 heterocycles. The fourth-order valence-electron chi connectivity index (χ4n) is 3.78. The van der Waals surface area contributed by atoms with Crippen LogP contribution in [-0.2, 0) is 9.59 Å². The first-order chi connectivity index (χ1) is 15.7. The van der Waals surface area contributed by atoms with Gasteiger partial charge in [0.15, 0.2) is 0 Å². The van der Waals surface area contributed by atoms with E-state index in [1.54, 1.807) is 24.3 Å². The number of nitrogens with zero attached hydrogens (tertiary/aromatic N) is 1. The van der Waals surface area contributed by atoms with E-state index < -0.39 is 0 Å². The van der Waals surface area contributed by atoms with Crippen molar-refractivity contribution in [2.24, 2.45) is 0 Å². The van der Waals surface area contributed by atoms with Gasteiger partial charge in [0.05, 0.1) is 17.4 Å². The molecule has 0 aliphatic carbocycles. The van der Waals surface area contributed by atoms with Gasteiger partial charge in [-0.05, 0) is 87.7 Å². The predicted molar refractivity (Wildman–Crippen MR) is 132 cm³/mol. The number of anilines is 2. The lowest BCUT2D eigenvalue weighted by molar-refractivity contribution is -0.120. The zero-order valence-electron chi connectivity index (χ0n) is 19.6. The van der Waals surface area contributed by atoms with E-state index in [4.69, 9.17) is 4.74 Å². The van der Waals surface area contributed by atoms with Gasteiger partial charge < -0.3 is 10.1 Å². The van der Waals surface area contributed by atoms with Crippen LogP contribution in [0.3, 0.4) is 0 Å². The minimum absolute atomic E-state index is 0.0366. The normalized spacial score (nSPS) is 13.8. The van der Waals surface area contributed by atoms with Crippen LogP contribution in [0.4, 0.5) is 11.4 Å². The van der Waals surface area contributed by atoms with Crippen molar-refractivity contribution in [3.8, 4) is 5.75 Å². The number of hydrogen-bond donors (Lipinski definition) is 1. The van der Waals surface area contributed by atoms with E-state index in [0.717, 1.165) is 22.4 Å². The van der Waals surface area contributed by atoms with Crippen LogP contribution in [0.1, 0.15) is 36.1 Å². The molecule has 5 heteroatoms. The first-order valence-corrected chi connectivity index (χ1v) is 11.1. The minimum Gasteiger partial charge on any atom is -0.491 e. The average molecular weight is 441 g/mol. The molecule has 0 aromatic heterocycles. The molecule has 0 bridgehead atoms. The molecule has 168 valence electrons. The van der Waals surface area contributed by atoms with Gasteiger partial charge >= 0.3 is 0 Å². The van der Waals surface area contributed by atoms with Crippen LogP contribution in [0.2, 0.25) is 0 Å². The first-order valence-electron chi connectivity index (χ1n) is 11.1. The molecule has 1 aliphatic rings. The summed E-state index contributed by atoms with van der Waals surface area (Å²) in [7, 11) is 0. The van der Waals surface area contributed by atoms with Crippen molar-refractivity contribution in [1.82, 2.24) is 0 Å². The SMILES string of the molecule is Cc1ccc(C2=C(Nc3ccc(C)c(C)c3)C(=O)N(c3ccc(OC(C)C)cc3)C2=O)cc1. The highest BCUT2D eigenvalue weighted by atomic mass is 16.5. The van der Waals surface area contributed by atoms with Crippen molar-refractivity contribution in [2.75, 3.05) is 10.2 Å². The van der Waals surface area contributed by atoms with E-state index in [2.05, 4.69) is 5.32 Å². The number of imide groups is 1. The molecule has 33 heavy (non-hydrogen) atoms. The second-order valence-corrected chi connectivity index (χ2v) is 8.65. The Morgan fingerprint density at radius 3 is 2.06 bits per heavy atom. The van der Waals surface area contributed by atoms with Crippen molar-refractivity contribution >= 4 is 28.8 Å². The number of aryl methyl sites for hydroxylation is 3. The highest BCUT2D eigenvalue weighted by Crippen LogP contribution is 2.34. The molecule has 0 spiro atoms. The van der Waals surface area contributed by atoms with E-state index in [1.807, 2.05) is 77.1 Å². The average Bonchev–Trinajstić information content (AvgIpc) is 3.01. The number of hydrogen-bond acceptors (Lipinski definition) is 4. The third kappa shape index (κ3) is 4.53. The number of ether oxygens (including phenoxy) is 1. The molecule has 1 aliphatic heterocycles. The highest BCUT2D eigenvalue weighted by Gasteiger charge is 2.40. The minimum atomic E-state index is -0.383. The molecule has 4 rings (SSSR count). The van der Waals surface area contributed by atoms with Crippen LogP contribution in [-0.4, -0.2) is 17.9 Å². The fourth-order valence-corrected chi connectivity index (χ4v) is 3.78. The van der Waals surface area contributed by atoms with Crippen LogP contribution < -0.4 is 15.0 Å². The Bertz CT molecular complexity index is 1240. The van der Waals surface area contributed by atoms with Crippen molar-refractivity contribution in [1.29, 1.82) is 0 Å². The molecule has 0 fully saturated rings. The molecule has 0 atom stereocenters. The monoisotopic (exact) mass is 440 g/mol. The van der Waals surface area contributed by atoms with Crippen LogP contribution in [0, 0.1) is 20.8 Å². The van der Waals surface area contributed by atoms with E-state index >= 15 is 0 Å². The molecule has 0 unspecified atom stereocenters. The zero-order valence-corrected chi connectivity index (χ0v) is 19.6. The lowest BCUT2D eigenvalue weighted by atomic mass is 10.0. The highest BCUT2D eigenvalue weighted by molar-refractivity contribution is 6.46. The number of benzene rings is 3. The summed E-state index contributed by atoms with van der Waals surface area (Å²) in [4.78, 5) is 28.3. The molecule has 0 radical (unpaired) electrons. The van der Waals surface area contributed by atoms with Gasteiger partial charge in [0.2, 0.25) is 0 Å². The van der Waals surface area contributed by atoms with Crippen LogP contribution >= 0.6 is 0 Å². The summed E-state index contributed by atoms with van der Waals surface area (Å²) in [6.45, 7) is 9.94. The van der Waals surface area contributed by atoms with E-state index in [0.29, 0.717) is 22.6 Å². The van der Waals surface area contributed by atoms with Gasteiger partial charge in [-0.15, -0.1) is 0 Å². The van der Waals surface area contributed by atoms with Gasteiger partial charge in [0, 0.05) is 5.69 Å². The summed E-state index contributed by atoms with van der Waals surface area (Å²) in [5, 5.41) is 3.23. The number of carbonyl (C=O) groups is 2. The largest absolute Gasteiger partial charge is 0.491 e. The molecule has 3 aromatic carbocycles. The first kappa shape index (κ1) is 22.3. The summed E-state index contributed by atoms with van der Waals surface area (Å²) < 4.78 is 5.70. The van der Waals surface area contributed by atoms with E-state index in [-0.39, 0.29) is 23.6 Å². The van der Waals surface area contributed by atoms with Gasteiger partial charge in [-0.1, -0.05) is 35.9 Å². The van der Waals surface area contributed by atoms with Crippen LogP contribution in [0.25, 0.3) is 5.57 Å². The smallest absolute Gasteiger partial charge is 0.282 e. The quantitative estimate of drug-likeness (QED) is 0.493. The topological polar surface area (TPSA) is 58.6 Å². The summed E-state index contributed by atoms with van der Waals surface area (Å²) in [5.74, 6) is -0.0490. The van der Waals surface area contributed by atoms with E-state index in [1.165, 1.54) is 4.90 Å². The number of amides is 2. The Morgan fingerprint density at radius 2 is 1.45 bits per heavy atom. The molecule has 3 aromatic rings. The van der Waals surface area contributed by atoms with Crippen LogP contribution in [0.5, 0.6) is 5.75 Å². The van der Waals surface area contributed by atoms with E-state index in [9.17, 15) is 9.59 Å². The van der Waals surface area contributed by atoms with Crippen molar-refractivity contribution < 1.29 is 14.3 Å². The summed E-state index contributed by atoms with van der Waals surface area (Å²) >= 11 is 0. The Morgan fingerprint density at radius 1 is 0.788 bits per heavy atom. The molecule has 5 nitrogen and oxygen atoms in total. The van der Waals surface area contributed by atoms with Gasteiger partial charge in [0.1, 0.15) is 11.4 Å². The maximum atomic E-state index is 13.6. The second kappa shape index (κ2) is 8.94. The lowest BCUT2D eigenvalue weighted by Gasteiger charge is -2.17. The number of carbonyl (C=O) groups excluding carboxylic acids is 2. The second-order valence-electron chi connectivity index (χ2n) is 8.65. The number of nitrogens with one attached hydrogen (secondary N) is 1. The lowest BCUT2D eigenvalue weighted by Crippen LogP contribution is -2.32. The van der Waals surface area contributed by atoms with Crippen molar-refractivity contribution in [3.05, 3.63) is 94.7 Å². The Balaban J connectivity index is 1.75. The third-order valence-corrected chi connectivity index (χ3v) is 5.67.